The third-order valence-corrected chi connectivity index (χ3v) is 5.21. The van der Waals surface area contributed by atoms with E-state index < -0.39 is 5.60 Å². The van der Waals surface area contributed by atoms with E-state index in [2.05, 4.69) is 9.97 Å². The van der Waals surface area contributed by atoms with Gasteiger partial charge in [0.05, 0.1) is 24.7 Å². The molecule has 1 amide bonds. The van der Waals surface area contributed by atoms with Gasteiger partial charge in [-0.3, -0.25) is 4.79 Å². The standard InChI is InChI=1S/C21H23N3O3/c1-14-22-17-9-8-15(12-18(17)23-14)20(25)24-11-5-10-21(26,13-24)16-6-3-4-7-19(16)27-2/h3-4,6-9,12,26H,5,10-11,13H2,1-2H3,(H,22,23)/t21-/m0/s1. The molecule has 2 aromatic carbocycles. The summed E-state index contributed by atoms with van der Waals surface area (Å²) in [6.07, 6.45) is 1.32. The molecule has 0 bridgehead atoms. The van der Waals surface area contributed by atoms with Crippen molar-refractivity contribution in [3.05, 3.63) is 59.4 Å². The van der Waals surface area contributed by atoms with E-state index in [9.17, 15) is 9.90 Å². The Hall–Kier alpha value is -2.86. The number of carbonyl (C=O) groups is 1. The topological polar surface area (TPSA) is 78.5 Å². The van der Waals surface area contributed by atoms with Crippen LogP contribution in [0.25, 0.3) is 11.0 Å². The number of methoxy groups -OCH3 is 1. The summed E-state index contributed by atoms with van der Waals surface area (Å²) >= 11 is 0. The number of rotatable bonds is 3. The van der Waals surface area contributed by atoms with Gasteiger partial charge < -0.3 is 19.7 Å². The molecule has 1 aliphatic heterocycles. The summed E-state index contributed by atoms with van der Waals surface area (Å²) in [5.41, 5.74) is 1.89. The number of aromatic amines is 1. The molecule has 140 valence electrons. The van der Waals surface area contributed by atoms with Gasteiger partial charge >= 0.3 is 0 Å². The van der Waals surface area contributed by atoms with E-state index in [0.717, 1.165) is 28.8 Å². The lowest BCUT2D eigenvalue weighted by molar-refractivity contribution is -0.0303. The smallest absolute Gasteiger partial charge is 0.254 e. The second-order valence-electron chi connectivity index (χ2n) is 7.12. The van der Waals surface area contributed by atoms with Crippen molar-refractivity contribution in [1.29, 1.82) is 0 Å². The van der Waals surface area contributed by atoms with E-state index in [4.69, 9.17) is 4.74 Å². The highest BCUT2D eigenvalue weighted by Crippen LogP contribution is 2.37. The first-order chi connectivity index (χ1) is 13.0. The Balaban J connectivity index is 1.62. The number of nitrogens with zero attached hydrogens (tertiary/aromatic N) is 2. The number of likely N-dealkylation sites (tertiary alicyclic amines) is 1. The first-order valence-electron chi connectivity index (χ1n) is 9.12. The number of aliphatic hydroxyl groups is 1. The van der Waals surface area contributed by atoms with Gasteiger partial charge in [-0.2, -0.15) is 0 Å². The molecule has 1 atom stereocenters. The first kappa shape index (κ1) is 17.5. The average molecular weight is 365 g/mol. The van der Waals surface area contributed by atoms with Crippen LogP contribution in [0.2, 0.25) is 0 Å². The fraction of sp³-hybridized carbons (Fsp3) is 0.333. The SMILES string of the molecule is COc1ccccc1[C@]1(O)CCCN(C(=O)c2ccc3nc(C)[nH]c3c2)C1. The molecule has 0 saturated carbocycles. The molecule has 3 aromatic rings. The zero-order chi connectivity index (χ0) is 19.0. The van der Waals surface area contributed by atoms with Crippen molar-refractivity contribution >= 4 is 16.9 Å². The van der Waals surface area contributed by atoms with Crippen LogP contribution in [0.3, 0.4) is 0 Å². The van der Waals surface area contributed by atoms with E-state index in [1.54, 1.807) is 18.1 Å². The van der Waals surface area contributed by atoms with Gasteiger partial charge in [0.1, 0.15) is 17.2 Å². The number of imidazole rings is 1. The van der Waals surface area contributed by atoms with E-state index >= 15 is 0 Å². The van der Waals surface area contributed by atoms with E-state index in [1.165, 1.54) is 0 Å². The Bertz CT molecular complexity index is 997. The summed E-state index contributed by atoms with van der Waals surface area (Å²) in [5, 5.41) is 11.3. The fourth-order valence-corrected chi connectivity index (χ4v) is 3.91. The third kappa shape index (κ3) is 3.17. The maximum absolute atomic E-state index is 13.1. The summed E-state index contributed by atoms with van der Waals surface area (Å²) < 4.78 is 5.42. The van der Waals surface area contributed by atoms with Gasteiger partial charge in [-0.15, -0.1) is 0 Å². The number of fused-ring (bicyclic) bond motifs is 1. The number of piperidine rings is 1. The third-order valence-electron chi connectivity index (χ3n) is 5.21. The number of carbonyl (C=O) groups excluding carboxylic acids is 1. The van der Waals surface area contributed by atoms with Crippen LogP contribution in [0.15, 0.2) is 42.5 Å². The Morgan fingerprint density at radius 2 is 2.11 bits per heavy atom. The van der Waals surface area contributed by atoms with Crippen molar-refractivity contribution < 1.29 is 14.6 Å². The molecule has 27 heavy (non-hydrogen) atoms. The van der Waals surface area contributed by atoms with E-state index in [1.807, 2.05) is 43.3 Å². The van der Waals surface area contributed by atoms with Crippen LogP contribution >= 0.6 is 0 Å². The molecule has 1 saturated heterocycles. The molecule has 0 aliphatic carbocycles. The maximum Gasteiger partial charge on any atom is 0.254 e. The maximum atomic E-state index is 13.1. The molecule has 0 unspecified atom stereocenters. The average Bonchev–Trinajstić information content (AvgIpc) is 3.06. The van der Waals surface area contributed by atoms with Crippen molar-refractivity contribution in [1.82, 2.24) is 14.9 Å². The number of para-hydroxylation sites is 1. The molecule has 1 aliphatic rings. The number of hydrogen-bond donors (Lipinski definition) is 2. The van der Waals surface area contributed by atoms with Crippen molar-refractivity contribution in [2.45, 2.75) is 25.4 Å². The predicted octanol–water partition coefficient (Wildman–Crippen LogP) is 3.00. The Labute approximate surface area is 157 Å². The number of β-amino-alcohol motifs (C(OH)–C–C–N with tert-alkyl or cyclic N) is 1. The molecule has 2 N–H and O–H groups in total. The highest BCUT2D eigenvalue weighted by atomic mass is 16.5. The van der Waals surface area contributed by atoms with Crippen LogP contribution in [0.1, 0.15) is 34.6 Å². The largest absolute Gasteiger partial charge is 0.496 e. The van der Waals surface area contributed by atoms with Gasteiger partial charge in [-0.25, -0.2) is 4.98 Å². The summed E-state index contributed by atoms with van der Waals surface area (Å²) in [7, 11) is 1.59. The molecule has 1 fully saturated rings. The number of nitrogens with one attached hydrogen (secondary N) is 1. The van der Waals surface area contributed by atoms with Crippen LogP contribution < -0.4 is 4.74 Å². The number of ether oxygens (including phenoxy) is 1. The van der Waals surface area contributed by atoms with Crippen LogP contribution in [0.5, 0.6) is 5.75 Å². The van der Waals surface area contributed by atoms with Crippen molar-refractivity contribution in [3.8, 4) is 5.75 Å². The lowest BCUT2D eigenvalue weighted by Crippen LogP contribution is -2.48. The van der Waals surface area contributed by atoms with Crippen LogP contribution in [-0.4, -0.2) is 46.1 Å². The summed E-state index contributed by atoms with van der Waals surface area (Å²) in [5.74, 6) is 1.37. The number of aromatic nitrogens is 2. The van der Waals surface area contributed by atoms with Gasteiger partial charge in [-0.05, 0) is 44.0 Å². The lowest BCUT2D eigenvalue weighted by atomic mass is 9.85. The molecular formula is C21H23N3O3. The molecule has 4 rings (SSSR count). The Morgan fingerprint density at radius 1 is 1.30 bits per heavy atom. The highest BCUT2D eigenvalue weighted by Gasteiger charge is 2.38. The highest BCUT2D eigenvalue weighted by molar-refractivity contribution is 5.97. The zero-order valence-electron chi connectivity index (χ0n) is 15.5. The van der Waals surface area contributed by atoms with Gasteiger partial charge in [0.2, 0.25) is 0 Å². The minimum atomic E-state index is -1.12. The molecular weight excluding hydrogens is 342 g/mol. The lowest BCUT2D eigenvalue weighted by Gasteiger charge is -2.40. The minimum Gasteiger partial charge on any atom is -0.496 e. The van der Waals surface area contributed by atoms with Crippen molar-refractivity contribution in [2.24, 2.45) is 0 Å². The number of H-pyrrole nitrogens is 1. The van der Waals surface area contributed by atoms with Gasteiger partial charge in [-0.1, -0.05) is 18.2 Å². The molecule has 0 spiro atoms. The van der Waals surface area contributed by atoms with Crippen molar-refractivity contribution in [2.75, 3.05) is 20.2 Å². The van der Waals surface area contributed by atoms with E-state index in [0.29, 0.717) is 24.3 Å². The van der Waals surface area contributed by atoms with Gasteiger partial charge in [0.25, 0.3) is 5.91 Å². The predicted molar refractivity (Wildman–Crippen MR) is 103 cm³/mol. The number of amides is 1. The number of aryl methyl sites for hydroxylation is 1. The zero-order valence-corrected chi connectivity index (χ0v) is 15.5. The van der Waals surface area contributed by atoms with Gasteiger partial charge in [0, 0.05) is 17.7 Å². The number of hydrogen-bond acceptors (Lipinski definition) is 4. The Morgan fingerprint density at radius 3 is 2.93 bits per heavy atom. The molecule has 2 heterocycles. The summed E-state index contributed by atoms with van der Waals surface area (Å²) in [6.45, 7) is 2.75. The second kappa shape index (κ2) is 6.70. The quantitative estimate of drug-likeness (QED) is 0.748. The fourth-order valence-electron chi connectivity index (χ4n) is 3.91. The molecule has 0 radical (unpaired) electrons. The first-order valence-corrected chi connectivity index (χ1v) is 9.12. The molecule has 6 heteroatoms. The Kier molecular flexibility index (Phi) is 4.36. The molecule has 6 nitrogen and oxygen atoms in total. The van der Waals surface area contributed by atoms with Crippen LogP contribution in [-0.2, 0) is 5.60 Å². The van der Waals surface area contributed by atoms with E-state index in [-0.39, 0.29) is 12.5 Å². The number of benzene rings is 2. The molecule has 1 aromatic heterocycles. The normalized spacial score (nSPS) is 20.0. The summed E-state index contributed by atoms with van der Waals surface area (Å²) in [6, 6.07) is 12.9. The minimum absolute atomic E-state index is 0.0859. The van der Waals surface area contributed by atoms with Crippen molar-refractivity contribution in [3.63, 3.8) is 0 Å². The van der Waals surface area contributed by atoms with Gasteiger partial charge in [0.15, 0.2) is 0 Å². The monoisotopic (exact) mass is 365 g/mol. The van der Waals surface area contributed by atoms with Crippen LogP contribution in [0.4, 0.5) is 0 Å². The summed E-state index contributed by atoms with van der Waals surface area (Å²) in [4.78, 5) is 22.3. The second-order valence-corrected chi connectivity index (χ2v) is 7.12. The van der Waals surface area contributed by atoms with Crippen LogP contribution in [0, 0.1) is 6.92 Å².